The van der Waals surface area contributed by atoms with Gasteiger partial charge in [-0.3, -0.25) is 0 Å². The summed E-state index contributed by atoms with van der Waals surface area (Å²) >= 11 is 0. The largest absolute Gasteiger partial charge is 0.316 e. The fourth-order valence-corrected chi connectivity index (χ4v) is 2.19. The van der Waals surface area contributed by atoms with Gasteiger partial charge in [-0.05, 0) is 31.8 Å². The van der Waals surface area contributed by atoms with Crippen LogP contribution in [-0.2, 0) is 0 Å². The molecule has 0 amide bonds. The first-order chi connectivity index (χ1) is 5.84. The Hall–Kier alpha value is 0.430. The van der Waals surface area contributed by atoms with Crippen LogP contribution >= 0.6 is 24.8 Å². The van der Waals surface area contributed by atoms with Gasteiger partial charge in [-0.25, -0.2) is 4.39 Å². The van der Waals surface area contributed by atoms with E-state index in [2.05, 4.69) is 10.2 Å². The lowest BCUT2D eigenvalue weighted by atomic mass is 10.1. The lowest BCUT2D eigenvalue weighted by Gasteiger charge is -2.18. The molecule has 0 aromatic carbocycles. The molecule has 2 saturated heterocycles. The summed E-state index contributed by atoms with van der Waals surface area (Å²) in [5.74, 6) is 0.773. The predicted molar refractivity (Wildman–Crippen MR) is 61.4 cm³/mol. The first kappa shape index (κ1) is 14.4. The highest BCUT2D eigenvalue weighted by molar-refractivity contribution is 5.85. The van der Waals surface area contributed by atoms with Crippen LogP contribution in [0.2, 0.25) is 0 Å². The average molecular weight is 245 g/mol. The number of nitrogens with one attached hydrogen (secondary N) is 1. The fraction of sp³-hybridized carbons (Fsp3) is 1.00. The molecule has 5 heteroatoms. The molecular formula is C9H19Cl2FN2. The number of likely N-dealkylation sites (tertiary alicyclic amines) is 1. The topological polar surface area (TPSA) is 15.3 Å². The lowest BCUT2D eigenvalue weighted by Crippen LogP contribution is -2.28. The van der Waals surface area contributed by atoms with Gasteiger partial charge in [0.2, 0.25) is 0 Å². The van der Waals surface area contributed by atoms with Gasteiger partial charge in [0.1, 0.15) is 6.17 Å². The van der Waals surface area contributed by atoms with Gasteiger partial charge < -0.3 is 10.2 Å². The zero-order valence-corrected chi connectivity index (χ0v) is 9.88. The Morgan fingerprint density at radius 1 is 1.29 bits per heavy atom. The van der Waals surface area contributed by atoms with Crippen LogP contribution in [0.1, 0.15) is 12.8 Å². The maximum absolute atomic E-state index is 12.8. The van der Waals surface area contributed by atoms with Crippen LogP contribution in [0, 0.1) is 5.92 Å². The number of rotatable bonds is 2. The molecule has 1 N–H and O–H groups in total. The van der Waals surface area contributed by atoms with Gasteiger partial charge in [0.15, 0.2) is 0 Å². The van der Waals surface area contributed by atoms with Gasteiger partial charge in [-0.2, -0.15) is 0 Å². The molecule has 2 aliphatic rings. The number of hydrogen-bond acceptors (Lipinski definition) is 2. The molecule has 2 fully saturated rings. The van der Waals surface area contributed by atoms with Crippen molar-refractivity contribution in [2.24, 2.45) is 5.92 Å². The standard InChI is InChI=1S/C9H17FN2.2ClH/c10-9-2-4-12(7-9)6-8-1-3-11-5-8;;/h8-9,11H,1-7H2;2*1H/t8-,9+;;/m0../s1. The molecule has 0 aliphatic carbocycles. The summed E-state index contributed by atoms with van der Waals surface area (Å²) in [5, 5.41) is 3.34. The summed E-state index contributed by atoms with van der Waals surface area (Å²) in [5.41, 5.74) is 0. The van der Waals surface area contributed by atoms with Gasteiger partial charge >= 0.3 is 0 Å². The minimum Gasteiger partial charge on any atom is -0.316 e. The molecule has 0 radical (unpaired) electrons. The van der Waals surface area contributed by atoms with E-state index >= 15 is 0 Å². The average Bonchev–Trinajstić information content (AvgIpc) is 2.63. The van der Waals surface area contributed by atoms with Gasteiger partial charge in [-0.15, -0.1) is 24.8 Å². The van der Waals surface area contributed by atoms with Crippen LogP contribution in [-0.4, -0.2) is 43.8 Å². The normalized spacial score (nSPS) is 32.4. The molecule has 2 atom stereocenters. The van der Waals surface area contributed by atoms with Gasteiger partial charge in [-0.1, -0.05) is 0 Å². The van der Waals surface area contributed by atoms with Crippen molar-refractivity contribution < 1.29 is 4.39 Å². The molecular weight excluding hydrogens is 226 g/mol. The number of nitrogens with zero attached hydrogens (tertiary/aromatic N) is 1. The highest BCUT2D eigenvalue weighted by Gasteiger charge is 2.25. The molecule has 0 aromatic heterocycles. The fourth-order valence-electron chi connectivity index (χ4n) is 2.19. The summed E-state index contributed by atoms with van der Waals surface area (Å²) in [7, 11) is 0. The molecule has 2 nitrogen and oxygen atoms in total. The lowest BCUT2D eigenvalue weighted by molar-refractivity contribution is 0.257. The second-order valence-electron chi connectivity index (χ2n) is 4.00. The maximum Gasteiger partial charge on any atom is 0.114 e. The van der Waals surface area contributed by atoms with Crippen LogP contribution in [0.4, 0.5) is 4.39 Å². The predicted octanol–water partition coefficient (Wildman–Crippen LogP) is 1.48. The van der Waals surface area contributed by atoms with Crippen LogP contribution in [0.25, 0.3) is 0 Å². The van der Waals surface area contributed by atoms with E-state index in [4.69, 9.17) is 0 Å². The summed E-state index contributed by atoms with van der Waals surface area (Å²) in [4.78, 5) is 2.27. The Morgan fingerprint density at radius 3 is 2.57 bits per heavy atom. The highest BCUT2D eigenvalue weighted by atomic mass is 35.5. The monoisotopic (exact) mass is 244 g/mol. The number of halogens is 3. The van der Waals surface area contributed by atoms with E-state index in [9.17, 15) is 4.39 Å². The third kappa shape index (κ3) is 3.89. The van der Waals surface area contributed by atoms with Crippen molar-refractivity contribution in [1.82, 2.24) is 10.2 Å². The van der Waals surface area contributed by atoms with Crippen molar-refractivity contribution in [2.45, 2.75) is 19.0 Å². The van der Waals surface area contributed by atoms with Gasteiger partial charge in [0.25, 0.3) is 0 Å². The third-order valence-electron chi connectivity index (χ3n) is 2.89. The molecule has 0 unspecified atom stereocenters. The Bertz CT molecular complexity index is 154. The first-order valence-corrected chi connectivity index (χ1v) is 4.92. The minimum atomic E-state index is -0.556. The van der Waals surface area contributed by atoms with Crippen molar-refractivity contribution in [2.75, 3.05) is 32.7 Å². The Morgan fingerprint density at radius 2 is 2.07 bits per heavy atom. The van der Waals surface area contributed by atoms with E-state index < -0.39 is 6.17 Å². The van der Waals surface area contributed by atoms with Crippen molar-refractivity contribution in [3.63, 3.8) is 0 Å². The zero-order chi connectivity index (χ0) is 8.39. The second-order valence-corrected chi connectivity index (χ2v) is 4.00. The van der Waals surface area contributed by atoms with Crippen LogP contribution in [0.15, 0.2) is 0 Å². The summed E-state index contributed by atoms with van der Waals surface area (Å²) in [6.45, 7) is 5.03. The molecule has 2 rings (SSSR count). The molecule has 2 heterocycles. The van der Waals surface area contributed by atoms with Gasteiger partial charge in [0.05, 0.1) is 0 Å². The van der Waals surface area contributed by atoms with Crippen molar-refractivity contribution >= 4 is 24.8 Å². The van der Waals surface area contributed by atoms with Crippen LogP contribution in [0.5, 0.6) is 0 Å². The highest BCUT2D eigenvalue weighted by Crippen LogP contribution is 2.16. The summed E-state index contributed by atoms with van der Waals surface area (Å²) in [6, 6.07) is 0. The van der Waals surface area contributed by atoms with E-state index in [1.807, 2.05) is 0 Å². The summed E-state index contributed by atoms with van der Waals surface area (Å²) < 4.78 is 12.8. The smallest absolute Gasteiger partial charge is 0.114 e. The summed E-state index contributed by atoms with van der Waals surface area (Å²) in [6.07, 6.45) is 1.47. The van der Waals surface area contributed by atoms with Crippen molar-refractivity contribution in [1.29, 1.82) is 0 Å². The van der Waals surface area contributed by atoms with Gasteiger partial charge in [0, 0.05) is 19.6 Å². The Kier molecular flexibility index (Phi) is 7.04. The number of alkyl halides is 1. The molecule has 86 valence electrons. The van der Waals surface area contributed by atoms with E-state index in [0.717, 1.165) is 38.5 Å². The van der Waals surface area contributed by atoms with E-state index in [0.29, 0.717) is 6.54 Å². The molecule has 0 aromatic rings. The van der Waals surface area contributed by atoms with E-state index in [1.165, 1.54) is 6.42 Å². The zero-order valence-electron chi connectivity index (χ0n) is 8.25. The maximum atomic E-state index is 12.8. The first-order valence-electron chi connectivity index (χ1n) is 4.92. The molecule has 0 spiro atoms. The van der Waals surface area contributed by atoms with Crippen molar-refractivity contribution in [3.05, 3.63) is 0 Å². The minimum absolute atomic E-state index is 0. The van der Waals surface area contributed by atoms with E-state index in [1.54, 1.807) is 0 Å². The van der Waals surface area contributed by atoms with Crippen LogP contribution < -0.4 is 5.32 Å². The molecule has 0 bridgehead atoms. The molecule has 0 saturated carbocycles. The second kappa shape index (κ2) is 6.83. The SMILES string of the molecule is Cl.Cl.F[C@@H]1CCN(C[C@H]2CCNC2)C1. The Labute approximate surface area is 97.4 Å². The number of hydrogen-bond donors (Lipinski definition) is 1. The van der Waals surface area contributed by atoms with Crippen molar-refractivity contribution in [3.8, 4) is 0 Å². The van der Waals surface area contributed by atoms with E-state index in [-0.39, 0.29) is 24.8 Å². The molecule has 14 heavy (non-hydrogen) atoms. The quantitative estimate of drug-likeness (QED) is 0.792. The Balaban J connectivity index is 0.000000845. The third-order valence-corrected chi connectivity index (χ3v) is 2.89. The molecule has 2 aliphatic heterocycles. The van der Waals surface area contributed by atoms with Crippen LogP contribution in [0.3, 0.4) is 0 Å².